The number of aromatic nitrogens is 2. The van der Waals surface area contributed by atoms with Gasteiger partial charge in [-0.25, -0.2) is 0 Å². The van der Waals surface area contributed by atoms with E-state index in [1.165, 1.54) is 11.8 Å². The molecule has 1 aromatic carbocycles. The second-order valence-electron chi connectivity index (χ2n) is 3.85. The summed E-state index contributed by atoms with van der Waals surface area (Å²) in [4.78, 5) is 16.0. The number of rotatable bonds is 1. The number of aliphatic hydroxyl groups excluding tert-OH is 1. The molecule has 0 aliphatic carbocycles. The van der Waals surface area contributed by atoms with Gasteiger partial charge in [0.25, 0.3) is 5.56 Å². The van der Waals surface area contributed by atoms with E-state index in [0.29, 0.717) is 10.5 Å². The topological polar surface area (TPSA) is 55.1 Å². The molecule has 3 rings (SSSR count). The average Bonchev–Trinajstić information content (AvgIpc) is 2.82. The van der Waals surface area contributed by atoms with Crippen LogP contribution in [-0.2, 0) is 0 Å². The fourth-order valence-corrected chi connectivity index (χ4v) is 3.74. The molecule has 0 radical (unpaired) electrons. The summed E-state index contributed by atoms with van der Waals surface area (Å²) < 4.78 is 2.86. The largest absolute Gasteiger partial charge is 0.391 e. The van der Waals surface area contributed by atoms with Crippen molar-refractivity contribution in [3.05, 3.63) is 38.2 Å². The van der Waals surface area contributed by atoms with Crippen LogP contribution < -0.4 is 5.56 Å². The third kappa shape index (κ3) is 1.79. The van der Waals surface area contributed by atoms with Gasteiger partial charge in [0.1, 0.15) is 0 Å². The maximum absolute atomic E-state index is 11.9. The summed E-state index contributed by atoms with van der Waals surface area (Å²) in [5.41, 5.74) is 1.68. The van der Waals surface area contributed by atoms with Gasteiger partial charge in [-0.05, 0) is 34.7 Å². The van der Waals surface area contributed by atoms with Crippen LogP contribution in [0.1, 0.15) is 0 Å². The van der Waals surface area contributed by atoms with Crippen LogP contribution in [0.3, 0.4) is 0 Å². The van der Waals surface area contributed by atoms with Crippen LogP contribution in [0.25, 0.3) is 16.6 Å². The van der Waals surface area contributed by atoms with Crippen LogP contribution in [0.4, 0.5) is 0 Å². The second kappa shape index (κ2) is 4.67. The molecule has 6 heteroatoms. The first-order valence-corrected chi connectivity index (χ1v) is 7.42. The van der Waals surface area contributed by atoms with Gasteiger partial charge >= 0.3 is 0 Å². The highest BCUT2D eigenvalue weighted by molar-refractivity contribution is 14.1. The highest BCUT2D eigenvalue weighted by Gasteiger charge is 2.22. The van der Waals surface area contributed by atoms with Crippen molar-refractivity contribution in [1.29, 1.82) is 0 Å². The summed E-state index contributed by atoms with van der Waals surface area (Å²) >= 11 is 3.66. The Bertz CT molecular complexity index is 724. The number of benzene rings is 1. The Kier molecular flexibility index (Phi) is 3.16. The van der Waals surface area contributed by atoms with Crippen molar-refractivity contribution in [2.45, 2.75) is 5.16 Å². The minimum Gasteiger partial charge on any atom is -0.391 e. The number of hydrogen-bond donors (Lipinski definition) is 1. The van der Waals surface area contributed by atoms with E-state index >= 15 is 0 Å². The summed E-state index contributed by atoms with van der Waals surface area (Å²) in [5, 5.41) is 10.6. The lowest BCUT2D eigenvalue weighted by molar-refractivity contribution is 0.341. The molecule has 0 spiro atoms. The lowest BCUT2D eigenvalue weighted by Gasteiger charge is -2.10. The van der Waals surface area contributed by atoms with E-state index in [1.54, 1.807) is 6.07 Å². The smallest absolute Gasteiger partial charge is 0.281 e. The summed E-state index contributed by atoms with van der Waals surface area (Å²) in [6.45, 7) is 0.0103. The van der Waals surface area contributed by atoms with Gasteiger partial charge in [0.05, 0.1) is 17.5 Å². The monoisotopic (exact) mass is 372 g/mol. The third-order valence-corrected chi connectivity index (χ3v) is 4.74. The van der Waals surface area contributed by atoms with Gasteiger partial charge in [-0.1, -0.05) is 23.9 Å². The van der Waals surface area contributed by atoms with Crippen molar-refractivity contribution in [3.63, 3.8) is 0 Å². The number of aliphatic hydroxyl groups is 1. The molecule has 18 heavy (non-hydrogen) atoms. The zero-order valence-electron chi connectivity index (χ0n) is 9.26. The summed E-state index contributed by atoms with van der Waals surface area (Å²) in [6, 6.07) is 7.43. The SMILES string of the molecule is O=c1nc2n(c3ccccc13)/C(=C(\I)CO)CS2. The predicted octanol–water partition coefficient (Wildman–Crippen LogP) is 2.10. The number of para-hydroxylation sites is 1. The normalized spacial score (nSPS) is 17.0. The molecule has 1 aliphatic heterocycles. The van der Waals surface area contributed by atoms with Gasteiger partial charge in [-0.3, -0.25) is 9.36 Å². The molecule has 1 aliphatic rings. The Morgan fingerprint density at radius 2 is 2.28 bits per heavy atom. The summed E-state index contributed by atoms with van der Waals surface area (Å²) in [6.07, 6.45) is 0. The van der Waals surface area contributed by atoms with Crippen LogP contribution >= 0.6 is 34.4 Å². The number of hydrogen-bond acceptors (Lipinski definition) is 4. The summed E-state index contributed by atoms with van der Waals surface area (Å²) in [7, 11) is 0. The van der Waals surface area contributed by atoms with Crippen molar-refractivity contribution in [1.82, 2.24) is 9.55 Å². The number of halogens is 1. The molecule has 0 amide bonds. The van der Waals surface area contributed by atoms with Crippen molar-refractivity contribution in [3.8, 4) is 0 Å². The van der Waals surface area contributed by atoms with Crippen LogP contribution in [0, 0.1) is 0 Å². The van der Waals surface area contributed by atoms with Crippen molar-refractivity contribution < 1.29 is 5.11 Å². The molecular formula is C12H9IN2O2S. The van der Waals surface area contributed by atoms with Crippen molar-refractivity contribution in [2.75, 3.05) is 12.4 Å². The van der Waals surface area contributed by atoms with Crippen LogP contribution in [-0.4, -0.2) is 27.0 Å². The molecule has 4 nitrogen and oxygen atoms in total. The lowest BCUT2D eigenvalue weighted by atomic mass is 10.2. The molecular weight excluding hydrogens is 363 g/mol. The molecule has 0 atom stereocenters. The lowest BCUT2D eigenvalue weighted by Crippen LogP contribution is -2.13. The quantitative estimate of drug-likeness (QED) is 0.616. The molecule has 1 N–H and O–H groups in total. The van der Waals surface area contributed by atoms with Gasteiger partial charge in [0.15, 0.2) is 5.16 Å². The van der Waals surface area contributed by atoms with E-state index in [9.17, 15) is 9.90 Å². The fourth-order valence-electron chi connectivity index (χ4n) is 2.00. The average molecular weight is 372 g/mol. The van der Waals surface area contributed by atoms with E-state index in [2.05, 4.69) is 27.6 Å². The molecule has 2 aromatic rings. The Morgan fingerprint density at radius 3 is 3.06 bits per heavy atom. The van der Waals surface area contributed by atoms with E-state index < -0.39 is 0 Å². The molecule has 92 valence electrons. The van der Waals surface area contributed by atoms with Crippen molar-refractivity contribution >= 4 is 51.0 Å². The van der Waals surface area contributed by atoms with Gasteiger partial charge in [-0.15, -0.1) is 0 Å². The Balaban J connectivity index is 2.44. The van der Waals surface area contributed by atoms with E-state index in [0.717, 1.165) is 20.5 Å². The fraction of sp³-hybridized carbons (Fsp3) is 0.167. The molecule has 0 bridgehead atoms. The van der Waals surface area contributed by atoms with Gasteiger partial charge < -0.3 is 5.11 Å². The molecule has 0 saturated heterocycles. The first-order valence-electron chi connectivity index (χ1n) is 5.35. The predicted molar refractivity (Wildman–Crippen MR) is 81.0 cm³/mol. The zero-order valence-corrected chi connectivity index (χ0v) is 12.2. The third-order valence-electron chi connectivity index (χ3n) is 2.82. The van der Waals surface area contributed by atoms with E-state index in [4.69, 9.17) is 0 Å². The maximum atomic E-state index is 11.9. The van der Waals surface area contributed by atoms with Crippen LogP contribution in [0.5, 0.6) is 0 Å². The van der Waals surface area contributed by atoms with Gasteiger partial charge in [0.2, 0.25) is 0 Å². The molecule has 0 unspecified atom stereocenters. The van der Waals surface area contributed by atoms with Gasteiger partial charge in [0, 0.05) is 15.0 Å². The first-order chi connectivity index (χ1) is 8.72. The maximum Gasteiger partial charge on any atom is 0.281 e. The molecule has 0 fully saturated rings. The van der Waals surface area contributed by atoms with Crippen molar-refractivity contribution in [2.24, 2.45) is 0 Å². The standard InChI is InChI=1S/C12H9IN2O2S/c13-8(5-16)10-6-18-12-14-11(17)7-3-1-2-4-9(7)15(10)12/h1-4,16H,5-6H2/b10-8-. The van der Waals surface area contributed by atoms with Gasteiger partial charge in [-0.2, -0.15) is 4.98 Å². The second-order valence-corrected chi connectivity index (χ2v) is 6.10. The number of nitrogens with zero attached hydrogens (tertiary/aromatic N) is 2. The zero-order chi connectivity index (χ0) is 12.7. The Morgan fingerprint density at radius 1 is 1.50 bits per heavy atom. The van der Waals surface area contributed by atoms with Crippen LogP contribution in [0.2, 0.25) is 0 Å². The van der Waals surface area contributed by atoms with E-state index in [1.807, 2.05) is 22.8 Å². The minimum absolute atomic E-state index is 0.0103. The van der Waals surface area contributed by atoms with Crippen LogP contribution in [0.15, 0.2) is 37.8 Å². The molecule has 1 aromatic heterocycles. The van der Waals surface area contributed by atoms with E-state index in [-0.39, 0.29) is 12.2 Å². The Labute approximate surface area is 121 Å². The number of thioether (sulfide) groups is 1. The number of fused-ring (bicyclic) bond motifs is 3. The highest BCUT2D eigenvalue weighted by Crippen LogP contribution is 2.36. The minimum atomic E-state index is -0.190. The molecule has 0 saturated carbocycles. The molecule has 2 heterocycles. The summed E-state index contributed by atoms with van der Waals surface area (Å²) in [5.74, 6) is 0.735. The first kappa shape index (κ1) is 12.2. The Hall–Kier alpha value is -0.860. The highest BCUT2D eigenvalue weighted by atomic mass is 127.